The molecule has 1 aromatic heterocycles. The fraction of sp³-hybridized carbons (Fsp3) is 0.235. The van der Waals surface area contributed by atoms with E-state index in [4.69, 9.17) is 0 Å². The fourth-order valence-electron chi connectivity index (χ4n) is 2.45. The Kier molecular flexibility index (Phi) is 3.87. The number of amides is 1. The van der Waals surface area contributed by atoms with Gasteiger partial charge in [0.15, 0.2) is 0 Å². The van der Waals surface area contributed by atoms with Crippen LogP contribution >= 0.6 is 0 Å². The molecule has 5 nitrogen and oxygen atoms in total. The molecule has 0 saturated heterocycles. The molecule has 1 amide bonds. The Hall–Kier alpha value is -2.69. The number of aromatic nitrogens is 3. The summed E-state index contributed by atoms with van der Waals surface area (Å²) in [5.74, 6) is -0.107. The van der Waals surface area contributed by atoms with Crippen molar-refractivity contribution in [3.63, 3.8) is 0 Å². The molecular formula is C17H18N4O. The van der Waals surface area contributed by atoms with Crippen molar-refractivity contribution < 1.29 is 4.79 Å². The topological polar surface area (TPSA) is 59.8 Å². The van der Waals surface area contributed by atoms with Gasteiger partial charge in [-0.1, -0.05) is 35.5 Å². The maximum Gasteiger partial charge on any atom is 0.251 e. The molecule has 2 aromatic carbocycles. The number of carbonyl (C=O) groups excluding carboxylic acids is 1. The van der Waals surface area contributed by atoms with Crippen LogP contribution in [0.25, 0.3) is 11.0 Å². The number of benzene rings is 2. The third kappa shape index (κ3) is 2.70. The van der Waals surface area contributed by atoms with Crippen LogP contribution in [0.5, 0.6) is 0 Å². The van der Waals surface area contributed by atoms with Gasteiger partial charge in [-0.2, -0.15) is 0 Å². The Balaban J connectivity index is 1.80. The van der Waals surface area contributed by atoms with Crippen LogP contribution in [0.4, 0.5) is 0 Å². The number of fused-ring (bicyclic) bond motifs is 1. The number of aryl methyl sites for hydroxylation is 1. The third-order valence-corrected chi connectivity index (χ3v) is 3.72. The molecule has 0 radical (unpaired) electrons. The zero-order valence-electron chi connectivity index (χ0n) is 12.7. The molecule has 3 rings (SSSR count). The van der Waals surface area contributed by atoms with Crippen LogP contribution in [0.2, 0.25) is 0 Å². The zero-order valence-corrected chi connectivity index (χ0v) is 12.7. The Bertz CT molecular complexity index is 795. The minimum Gasteiger partial charge on any atom is -0.346 e. The maximum absolute atomic E-state index is 12.4. The molecule has 1 N–H and O–H groups in total. The van der Waals surface area contributed by atoms with Gasteiger partial charge < -0.3 is 5.32 Å². The molecular weight excluding hydrogens is 276 g/mol. The first-order valence-corrected chi connectivity index (χ1v) is 7.38. The highest BCUT2D eigenvalue weighted by Gasteiger charge is 2.13. The van der Waals surface area contributed by atoms with Gasteiger partial charge in [0.25, 0.3) is 5.91 Å². The van der Waals surface area contributed by atoms with Gasteiger partial charge in [-0.05, 0) is 37.6 Å². The van der Waals surface area contributed by atoms with E-state index >= 15 is 0 Å². The second kappa shape index (κ2) is 5.97. The summed E-state index contributed by atoms with van der Waals surface area (Å²) >= 11 is 0. The van der Waals surface area contributed by atoms with Crippen LogP contribution in [0.3, 0.4) is 0 Å². The van der Waals surface area contributed by atoms with Crippen LogP contribution in [-0.2, 0) is 6.54 Å². The predicted octanol–water partition coefficient (Wildman–Crippen LogP) is 2.94. The lowest BCUT2D eigenvalue weighted by Crippen LogP contribution is -2.26. The van der Waals surface area contributed by atoms with Crippen molar-refractivity contribution >= 4 is 16.9 Å². The molecule has 0 saturated carbocycles. The number of rotatable bonds is 4. The summed E-state index contributed by atoms with van der Waals surface area (Å²) in [6.07, 6.45) is 0. The highest BCUT2D eigenvalue weighted by atomic mass is 16.1. The lowest BCUT2D eigenvalue weighted by molar-refractivity contribution is 0.0940. The molecule has 0 aliphatic rings. The summed E-state index contributed by atoms with van der Waals surface area (Å²) in [7, 11) is 0. The number of nitrogens with zero attached hydrogens (tertiary/aromatic N) is 3. The molecule has 22 heavy (non-hydrogen) atoms. The number of hydrogen-bond donors (Lipinski definition) is 1. The van der Waals surface area contributed by atoms with Gasteiger partial charge in [0, 0.05) is 12.1 Å². The van der Waals surface area contributed by atoms with E-state index < -0.39 is 0 Å². The van der Waals surface area contributed by atoms with Crippen molar-refractivity contribution in [2.45, 2.75) is 26.4 Å². The maximum atomic E-state index is 12.4. The first-order valence-electron chi connectivity index (χ1n) is 7.38. The average Bonchev–Trinajstić information content (AvgIpc) is 2.97. The average molecular weight is 294 g/mol. The van der Waals surface area contributed by atoms with Crippen molar-refractivity contribution in [1.29, 1.82) is 0 Å². The molecule has 112 valence electrons. The van der Waals surface area contributed by atoms with E-state index in [0.29, 0.717) is 5.56 Å². The van der Waals surface area contributed by atoms with Gasteiger partial charge in [0.1, 0.15) is 5.52 Å². The smallest absolute Gasteiger partial charge is 0.251 e. The first kappa shape index (κ1) is 14.3. The van der Waals surface area contributed by atoms with E-state index in [1.807, 2.05) is 61.0 Å². The van der Waals surface area contributed by atoms with E-state index in [0.717, 1.165) is 23.1 Å². The minimum atomic E-state index is -0.107. The lowest BCUT2D eigenvalue weighted by atomic mass is 10.1. The van der Waals surface area contributed by atoms with Gasteiger partial charge >= 0.3 is 0 Å². The van der Waals surface area contributed by atoms with Crippen LogP contribution < -0.4 is 5.32 Å². The SMILES string of the molecule is CCn1nnc2cc(C(=O)NC(C)c3ccccc3)ccc21. The Morgan fingerprint density at radius 2 is 2.00 bits per heavy atom. The summed E-state index contributed by atoms with van der Waals surface area (Å²) in [6, 6.07) is 15.3. The fourth-order valence-corrected chi connectivity index (χ4v) is 2.45. The normalized spacial score (nSPS) is 12.3. The zero-order chi connectivity index (χ0) is 15.5. The molecule has 0 spiro atoms. The Morgan fingerprint density at radius 3 is 2.73 bits per heavy atom. The van der Waals surface area contributed by atoms with Crippen LogP contribution in [0.1, 0.15) is 35.8 Å². The number of hydrogen-bond acceptors (Lipinski definition) is 3. The molecule has 3 aromatic rings. The lowest BCUT2D eigenvalue weighted by Gasteiger charge is -2.14. The van der Waals surface area contributed by atoms with E-state index in [-0.39, 0.29) is 11.9 Å². The highest BCUT2D eigenvalue weighted by Crippen LogP contribution is 2.16. The first-order chi connectivity index (χ1) is 10.7. The van der Waals surface area contributed by atoms with Crippen molar-refractivity contribution in [3.8, 4) is 0 Å². The van der Waals surface area contributed by atoms with Gasteiger partial charge in [0.2, 0.25) is 0 Å². The van der Waals surface area contributed by atoms with Crippen LogP contribution in [0, 0.1) is 0 Å². The second-order valence-corrected chi connectivity index (χ2v) is 5.21. The largest absolute Gasteiger partial charge is 0.346 e. The molecule has 1 heterocycles. The van der Waals surface area contributed by atoms with E-state index in [9.17, 15) is 4.79 Å². The number of carbonyl (C=O) groups is 1. The molecule has 0 bridgehead atoms. The summed E-state index contributed by atoms with van der Waals surface area (Å²) in [5.41, 5.74) is 3.35. The summed E-state index contributed by atoms with van der Waals surface area (Å²) in [6.45, 7) is 4.74. The molecule has 0 fully saturated rings. The molecule has 1 atom stereocenters. The molecule has 0 aliphatic carbocycles. The highest BCUT2D eigenvalue weighted by molar-refractivity contribution is 5.97. The quantitative estimate of drug-likeness (QED) is 0.805. The van der Waals surface area contributed by atoms with E-state index in [1.54, 1.807) is 6.07 Å². The van der Waals surface area contributed by atoms with E-state index in [2.05, 4.69) is 15.6 Å². The van der Waals surface area contributed by atoms with Gasteiger partial charge in [0.05, 0.1) is 11.6 Å². The second-order valence-electron chi connectivity index (χ2n) is 5.21. The Morgan fingerprint density at radius 1 is 1.23 bits per heavy atom. The van der Waals surface area contributed by atoms with Gasteiger partial charge in [-0.25, -0.2) is 4.68 Å². The predicted molar refractivity (Wildman–Crippen MR) is 85.5 cm³/mol. The summed E-state index contributed by atoms with van der Waals surface area (Å²) in [4.78, 5) is 12.4. The number of nitrogens with one attached hydrogen (secondary N) is 1. The van der Waals surface area contributed by atoms with Crippen LogP contribution in [0.15, 0.2) is 48.5 Å². The summed E-state index contributed by atoms with van der Waals surface area (Å²) < 4.78 is 1.81. The van der Waals surface area contributed by atoms with Crippen molar-refractivity contribution in [1.82, 2.24) is 20.3 Å². The molecule has 5 heteroatoms. The van der Waals surface area contributed by atoms with Gasteiger partial charge in [-0.3, -0.25) is 4.79 Å². The van der Waals surface area contributed by atoms with E-state index in [1.165, 1.54) is 0 Å². The molecule has 0 aliphatic heterocycles. The standard InChI is InChI=1S/C17H18N4O/c1-3-21-16-10-9-14(11-15(16)19-20-21)17(22)18-12(2)13-7-5-4-6-8-13/h4-12H,3H2,1-2H3,(H,18,22). The van der Waals surface area contributed by atoms with Crippen LogP contribution in [-0.4, -0.2) is 20.9 Å². The van der Waals surface area contributed by atoms with Crippen molar-refractivity contribution in [3.05, 3.63) is 59.7 Å². The third-order valence-electron chi connectivity index (χ3n) is 3.72. The Labute approximate surface area is 129 Å². The van der Waals surface area contributed by atoms with Gasteiger partial charge in [-0.15, -0.1) is 5.10 Å². The summed E-state index contributed by atoms with van der Waals surface area (Å²) in [5, 5.41) is 11.2. The van der Waals surface area contributed by atoms with Crippen molar-refractivity contribution in [2.24, 2.45) is 0 Å². The monoisotopic (exact) mass is 294 g/mol. The minimum absolute atomic E-state index is 0.0456. The molecule has 1 unspecified atom stereocenters. The van der Waals surface area contributed by atoms with Crippen molar-refractivity contribution in [2.75, 3.05) is 0 Å².